The van der Waals surface area contributed by atoms with Crippen LogP contribution in [0.1, 0.15) is 12.5 Å². The van der Waals surface area contributed by atoms with Crippen LogP contribution < -0.4 is 0 Å². The van der Waals surface area contributed by atoms with E-state index in [0.29, 0.717) is 6.04 Å². The monoisotopic (exact) mass is 271 g/mol. The van der Waals surface area contributed by atoms with Crippen LogP contribution in [0.25, 0.3) is 21.9 Å². The van der Waals surface area contributed by atoms with Gasteiger partial charge in [0.05, 0.1) is 35.4 Å². The molecule has 1 saturated heterocycles. The molecule has 1 aliphatic heterocycles. The van der Waals surface area contributed by atoms with Crippen LogP contribution in [0.2, 0.25) is 0 Å². The molecule has 1 aromatic carbocycles. The summed E-state index contributed by atoms with van der Waals surface area (Å²) in [7, 11) is 0. The second-order valence-electron chi connectivity index (χ2n) is 4.86. The minimum Gasteiger partial charge on any atom is -0.379 e. The van der Waals surface area contributed by atoms with Crippen LogP contribution in [-0.2, 0) is 4.74 Å². The molecule has 0 spiro atoms. The van der Waals surface area contributed by atoms with Gasteiger partial charge in [-0.1, -0.05) is 18.2 Å². The molecular weight excluding hydrogens is 258 g/mol. The summed E-state index contributed by atoms with van der Waals surface area (Å²) in [6, 6.07) is 8.49. The number of hydrogen-bond acceptors (Lipinski definition) is 3. The van der Waals surface area contributed by atoms with Gasteiger partial charge in [0.25, 0.3) is 0 Å². The molecule has 1 fully saturated rings. The molecule has 3 aromatic rings. The van der Waals surface area contributed by atoms with Crippen molar-refractivity contribution >= 4 is 34.2 Å². The van der Waals surface area contributed by atoms with Crippen molar-refractivity contribution in [2.24, 2.45) is 0 Å². The summed E-state index contributed by atoms with van der Waals surface area (Å²) in [6.45, 7) is 1.54. The number of imidazole rings is 1. The fraction of sp³-hybridized carbons (Fsp3) is 0.286. The van der Waals surface area contributed by atoms with Gasteiger partial charge in [-0.05, 0) is 24.7 Å². The number of aromatic amines is 1. The Morgan fingerprint density at radius 3 is 3.11 bits per heavy atom. The lowest BCUT2D eigenvalue weighted by Gasteiger charge is -2.12. The topological polar surface area (TPSA) is 42.8 Å². The van der Waals surface area contributed by atoms with Crippen LogP contribution in [-0.4, -0.2) is 27.7 Å². The molecule has 1 aliphatic rings. The van der Waals surface area contributed by atoms with Crippen molar-refractivity contribution in [2.45, 2.75) is 12.5 Å². The predicted molar refractivity (Wildman–Crippen MR) is 76.9 cm³/mol. The Bertz CT molecular complexity index is 814. The van der Waals surface area contributed by atoms with Crippen LogP contribution in [0, 0.1) is 4.77 Å². The zero-order chi connectivity index (χ0) is 12.8. The van der Waals surface area contributed by atoms with Gasteiger partial charge in [-0.2, -0.15) is 0 Å². The van der Waals surface area contributed by atoms with E-state index in [1.54, 1.807) is 0 Å². The SMILES string of the molecule is S=c1[nH]c2cnc3ccccc3c2n1C1CCOC1. The van der Waals surface area contributed by atoms with Crippen LogP contribution in [0.3, 0.4) is 0 Å². The van der Waals surface area contributed by atoms with Gasteiger partial charge < -0.3 is 14.3 Å². The number of ether oxygens (including phenoxy) is 1. The summed E-state index contributed by atoms with van der Waals surface area (Å²) in [6.07, 6.45) is 2.87. The number of H-pyrrole nitrogens is 1. The van der Waals surface area contributed by atoms with Crippen LogP contribution in [0.15, 0.2) is 30.5 Å². The largest absolute Gasteiger partial charge is 0.379 e. The Balaban J connectivity index is 2.13. The van der Waals surface area contributed by atoms with Crippen molar-refractivity contribution in [2.75, 3.05) is 13.2 Å². The van der Waals surface area contributed by atoms with E-state index in [1.807, 2.05) is 24.4 Å². The van der Waals surface area contributed by atoms with Crippen molar-refractivity contribution in [1.29, 1.82) is 0 Å². The van der Waals surface area contributed by atoms with Crippen LogP contribution in [0.5, 0.6) is 0 Å². The minimum absolute atomic E-state index is 0.326. The number of nitrogens with zero attached hydrogens (tertiary/aromatic N) is 2. The van der Waals surface area contributed by atoms with Crippen LogP contribution in [0.4, 0.5) is 0 Å². The van der Waals surface area contributed by atoms with E-state index in [1.165, 1.54) is 0 Å². The molecule has 4 nitrogen and oxygen atoms in total. The number of para-hydroxylation sites is 1. The zero-order valence-electron chi connectivity index (χ0n) is 10.3. The van der Waals surface area contributed by atoms with E-state index in [0.717, 1.165) is 46.3 Å². The molecule has 2 aromatic heterocycles. The molecule has 5 heteroatoms. The van der Waals surface area contributed by atoms with Crippen LogP contribution >= 0.6 is 12.2 Å². The van der Waals surface area contributed by atoms with E-state index < -0.39 is 0 Å². The summed E-state index contributed by atoms with van der Waals surface area (Å²) >= 11 is 5.48. The van der Waals surface area contributed by atoms with Gasteiger partial charge in [0.15, 0.2) is 4.77 Å². The third-order valence-electron chi connectivity index (χ3n) is 3.72. The Kier molecular flexibility index (Phi) is 2.43. The van der Waals surface area contributed by atoms with Crippen molar-refractivity contribution in [3.05, 3.63) is 35.2 Å². The molecule has 1 N–H and O–H groups in total. The molecule has 0 aliphatic carbocycles. The summed E-state index contributed by atoms with van der Waals surface area (Å²) in [4.78, 5) is 7.72. The zero-order valence-corrected chi connectivity index (χ0v) is 11.1. The third kappa shape index (κ3) is 1.62. The maximum absolute atomic E-state index is 5.50. The third-order valence-corrected chi connectivity index (χ3v) is 4.02. The van der Waals surface area contributed by atoms with Gasteiger partial charge in [-0.25, -0.2) is 0 Å². The summed E-state index contributed by atoms with van der Waals surface area (Å²) in [5.74, 6) is 0. The summed E-state index contributed by atoms with van der Waals surface area (Å²) < 4.78 is 8.45. The first-order chi connectivity index (χ1) is 9.34. The highest BCUT2D eigenvalue weighted by Crippen LogP contribution is 2.29. The molecular formula is C14H13N3OS. The normalized spacial score (nSPS) is 19.5. The molecule has 0 bridgehead atoms. The number of fused-ring (bicyclic) bond motifs is 3. The fourth-order valence-electron chi connectivity index (χ4n) is 2.83. The van der Waals surface area contributed by atoms with E-state index in [9.17, 15) is 0 Å². The first kappa shape index (κ1) is 11.1. The van der Waals surface area contributed by atoms with E-state index in [-0.39, 0.29) is 0 Å². The summed E-state index contributed by atoms with van der Waals surface area (Å²) in [5.41, 5.74) is 3.14. The lowest BCUT2D eigenvalue weighted by Crippen LogP contribution is -2.08. The Morgan fingerprint density at radius 2 is 2.26 bits per heavy atom. The quantitative estimate of drug-likeness (QED) is 0.691. The number of pyridine rings is 1. The molecule has 0 radical (unpaired) electrons. The van der Waals surface area contributed by atoms with E-state index in [2.05, 4.69) is 20.6 Å². The molecule has 4 rings (SSSR count). The van der Waals surface area contributed by atoms with Crippen molar-refractivity contribution in [1.82, 2.24) is 14.5 Å². The smallest absolute Gasteiger partial charge is 0.178 e. The second kappa shape index (κ2) is 4.15. The Labute approximate surface area is 115 Å². The highest BCUT2D eigenvalue weighted by molar-refractivity contribution is 7.71. The maximum atomic E-state index is 5.50. The van der Waals surface area contributed by atoms with Gasteiger partial charge in [0.2, 0.25) is 0 Å². The molecule has 19 heavy (non-hydrogen) atoms. The van der Waals surface area contributed by atoms with Crippen molar-refractivity contribution in [3.8, 4) is 0 Å². The molecule has 0 saturated carbocycles. The number of benzene rings is 1. The average molecular weight is 271 g/mol. The molecule has 1 unspecified atom stereocenters. The van der Waals surface area contributed by atoms with Gasteiger partial charge in [-0.15, -0.1) is 0 Å². The molecule has 1 atom stereocenters. The highest BCUT2D eigenvalue weighted by atomic mass is 32.1. The Morgan fingerprint density at radius 1 is 1.37 bits per heavy atom. The van der Waals surface area contributed by atoms with E-state index >= 15 is 0 Å². The van der Waals surface area contributed by atoms with Crippen molar-refractivity contribution < 1.29 is 4.74 Å². The second-order valence-corrected chi connectivity index (χ2v) is 5.24. The van der Waals surface area contributed by atoms with Crippen molar-refractivity contribution in [3.63, 3.8) is 0 Å². The lowest BCUT2D eigenvalue weighted by molar-refractivity contribution is 0.187. The molecule has 3 heterocycles. The highest BCUT2D eigenvalue weighted by Gasteiger charge is 2.21. The lowest BCUT2D eigenvalue weighted by atomic mass is 10.1. The Hall–Kier alpha value is -1.72. The van der Waals surface area contributed by atoms with Gasteiger partial charge in [0.1, 0.15) is 0 Å². The maximum Gasteiger partial charge on any atom is 0.178 e. The van der Waals surface area contributed by atoms with Gasteiger partial charge >= 0.3 is 0 Å². The van der Waals surface area contributed by atoms with Gasteiger partial charge in [0, 0.05) is 12.0 Å². The first-order valence-corrected chi connectivity index (χ1v) is 6.81. The minimum atomic E-state index is 0.326. The standard InChI is InChI=1S/C14H13N3OS/c19-14-16-12-7-15-11-4-2-1-3-10(11)13(12)17(14)9-5-6-18-8-9/h1-4,7,9H,5-6,8H2,(H,16,19). The van der Waals surface area contributed by atoms with Gasteiger partial charge in [-0.3, -0.25) is 4.98 Å². The first-order valence-electron chi connectivity index (χ1n) is 6.40. The fourth-order valence-corrected chi connectivity index (χ4v) is 3.18. The number of hydrogen-bond donors (Lipinski definition) is 1. The summed E-state index contributed by atoms with van der Waals surface area (Å²) in [5, 5.41) is 1.14. The van der Waals surface area contributed by atoms with E-state index in [4.69, 9.17) is 17.0 Å². The molecule has 0 amide bonds. The number of aromatic nitrogens is 3. The molecule has 96 valence electrons. The number of nitrogens with one attached hydrogen (secondary N) is 1. The predicted octanol–water partition coefficient (Wildman–Crippen LogP) is 3.21. The number of rotatable bonds is 1. The average Bonchev–Trinajstić information content (AvgIpc) is 3.04.